The van der Waals surface area contributed by atoms with Gasteiger partial charge in [0.25, 0.3) is 0 Å². The fourth-order valence-electron chi connectivity index (χ4n) is 0.882. The largest absolute Gasteiger partial charge is 0.351 e. The predicted octanol–water partition coefficient (Wildman–Crippen LogP) is 1.22. The van der Waals surface area contributed by atoms with Crippen molar-refractivity contribution >= 4 is 23.3 Å². The molecule has 3 nitrogen and oxygen atoms in total. The standard InChI is InChI=1S/C10H14N2OS/c1-8(11)10(13)12-6-2-4-9-5-3-7-14-9/h2-5,7-8H,6,11H2,1H3,(H,12,13)/b4-2+/t8-/m1/s1. The maximum atomic E-state index is 11.0. The molecule has 1 aromatic heterocycles. The van der Waals surface area contributed by atoms with E-state index in [0.717, 1.165) is 0 Å². The smallest absolute Gasteiger partial charge is 0.236 e. The van der Waals surface area contributed by atoms with E-state index in [0.29, 0.717) is 6.54 Å². The zero-order chi connectivity index (χ0) is 10.4. The minimum Gasteiger partial charge on any atom is -0.351 e. The van der Waals surface area contributed by atoms with Crippen molar-refractivity contribution in [1.29, 1.82) is 0 Å². The van der Waals surface area contributed by atoms with Crippen LogP contribution in [0.4, 0.5) is 0 Å². The van der Waals surface area contributed by atoms with Crippen molar-refractivity contribution in [3.8, 4) is 0 Å². The number of rotatable bonds is 4. The Morgan fingerprint density at radius 3 is 3.14 bits per heavy atom. The van der Waals surface area contributed by atoms with Crippen molar-refractivity contribution in [2.24, 2.45) is 5.73 Å². The van der Waals surface area contributed by atoms with Gasteiger partial charge in [-0.25, -0.2) is 0 Å². The molecule has 0 aromatic carbocycles. The first-order valence-electron chi connectivity index (χ1n) is 4.43. The highest BCUT2D eigenvalue weighted by Gasteiger charge is 2.03. The Labute approximate surface area is 87.6 Å². The third-order valence-electron chi connectivity index (χ3n) is 1.63. The molecule has 0 unspecified atom stereocenters. The third kappa shape index (κ3) is 3.72. The van der Waals surface area contributed by atoms with Gasteiger partial charge in [0, 0.05) is 11.4 Å². The molecule has 1 aromatic rings. The van der Waals surface area contributed by atoms with E-state index >= 15 is 0 Å². The van der Waals surface area contributed by atoms with Crippen LogP contribution in [-0.4, -0.2) is 18.5 Å². The van der Waals surface area contributed by atoms with Crippen LogP contribution in [0.5, 0.6) is 0 Å². The second kappa shape index (κ2) is 5.57. The lowest BCUT2D eigenvalue weighted by atomic mass is 10.3. The van der Waals surface area contributed by atoms with Crippen molar-refractivity contribution in [3.63, 3.8) is 0 Å². The van der Waals surface area contributed by atoms with Crippen LogP contribution in [-0.2, 0) is 4.79 Å². The molecule has 1 amide bonds. The summed E-state index contributed by atoms with van der Waals surface area (Å²) in [5.74, 6) is -0.124. The summed E-state index contributed by atoms with van der Waals surface area (Å²) in [6.07, 6.45) is 3.89. The van der Waals surface area contributed by atoms with Gasteiger partial charge in [-0.2, -0.15) is 0 Å². The number of nitrogens with one attached hydrogen (secondary N) is 1. The quantitative estimate of drug-likeness (QED) is 0.785. The Balaban J connectivity index is 2.25. The van der Waals surface area contributed by atoms with Gasteiger partial charge >= 0.3 is 0 Å². The van der Waals surface area contributed by atoms with Crippen LogP contribution < -0.4 is 11.1 Å². The average Bonchev–Trinajstić information content (AvgIpc) is 2.64. The third-order valence-corrected chi connectivity index (χ3v) is 2.47. The van der Waals surface area contributed by atoms with Crippen LogP contribution in [0.2, 0.25) is 0 Å². The zero-order valence-electron chi connectivity index (χ0n) is 8.07. The number of hydrogen-bond acceptors (Lipinski definition) is 3. The number of amides is 1. The van der Waals surface area contributed by atoms with Gasteiger partial charge in [-0.3, -0.25) is 4.79 Å². The molecule has 0 saturated heterocycles. The van der Waals surface area contributed by atoms with Gasteiger partial charge in [0.05, 0.1) is 6.04 Å². The summed E-state index contributed by atoms with van der Waals surface area (Å²) in [7, 11) is 0. The summed E-state index contributed by atoms with van der Waals surface area (Å²) in [4.78, 5) is 12.2. The number of carbonyl (C=O) groups is 1. The van der Waals surface area contributed by atoms with Crippen molar-refractivity contribution in [1.82, 2.24) is 5.32 Å². The Morgan fingerprint density at radius 2 is 2.57 bits per heavy atom. The van der Waals surface area contributed by atoms with Crippen molar-refractivity contribution in [2.45, 2.75) is 13.0 Å². The van der Waals surface area contributed by atoms with Gasteiger partial charge in [-0.05, 0) is 24.4 Å². The van der Waals surface area contributed by atoms with Crippen LogP contribution in [0.25, 0.3) is 6.08 Å². The molecular formula is C10H14N2OS. The monoisotopic (exact) mass is 210 g/mol. The van der Waals surface area contributed by atoms with Crippen LogP contribution in [0.3, 0.4) is 0 Å². The van der Waals surface area contributed by atoms with E-state index in [9.17, 15) is 4.79 Å². The number of hydrogen-bond donors (Lipinski definition) is 2. The molecule has 3 N–H and O–H groups in total. The summed E-state index contributed by atoms with van der Waals surface area (Å²) >= 11 is 1.66. The molecular weight excluding hydrogens is 196 g/mol. The molecule has 1 atom stereocenters. The molecule has 1 heterocycles. The maximum absolute atomic E-state index is 11.0. The number of nitrogens with two attached hydrogens (primary N) is 1. The summed E-state index contributed by atoms with van der Waals surface area (Å²) in [5, 5.41) is 4.71. The molecule has 0 aliphatic heterocycles. The summed E-state index contributed by atoms with van der Waals surface area (Å²) in [6, 6.07) is 3.57. The molecule has 0 bridgehead atoms. The molecule has 0 saturated carbocycles. The van der Waals surface area contributed by atoms with Gasteiger partial charge in [-0.15, -0.1) is 11.3 Å². The predicted molar refractivity (Wildman–Crippen MR) is 60.0 cm³/mol. The van der Waals surface area contributed by atoms with E-state index in [4.69, 9.17) is 5.73 Å². The van der Waals surface area contributed by atoms with E-state index in [2.05, 4.69) is 5.32 Å². The molecule has 0 aliphatic carbocycles. The highest BCUT2D eigenvalue weighted by molar-refractivity contribution is 7.10. The molecule has 0 fully saturated rings. The average molecular weight is 210 g/mol. The van der Waals surface area contributed by atoms with E-state index in [-0.39, 0.29) is 5.91 Å². The van der Waals surface area contributed by atoms with Gasteiger partial charge in [0.1, 0.15) is 0 Å². The lowest BCUT2D eigenvalue weighted by Gasteiger charge is -2.03. The fraction of sp³-hybridized carbons (Fsp3) is 0.300. The number of thiophene rings is 1. The Hall–Kier alpha value is -1.13. The first-order valence-corrected chi connectivity index (χ1v) is 5.31. The van der Waals surface area contributed by atoms with Crippen molar-refractivity contribution in [2.75, 3.05) is 6.54 Å². The Morgan fingerprint density at radius 1 is 1.79 bits per heavy atom. The zero-order valence-corrected chi connectivity index (χ0v) is 8.88. The molecule has 0 spiro atoms. The molecule has 0 aliphatic rings. The fourth-order valence-corrected chi connectivity index (χ4v) is 1.53. The second-order valence-corrected chi connectivity index (χ2v) is 3.93. The topological polar surface area (TPSA) is 55.1 Å². The van der Waals surface area contributed by atoms with E-state index in [1.165, 1.54) is 4.88 Å². The van der Waals surface area contributed by atoms with E-state index < -0.39 is 6.04 Å². The van der Waals surface area contributed by atoms with E-state index in [1.807, 2.05) is 29.7 Å². The summed E-state index contributed by atoms with van der Waals surface area (Å²) < 4.78 is 0. The second-order valence-electron chi connectivity index (χ2n) is 2.95. The first-order chi connectivity index (χ1) is 6.70. The summed E-state index contributed by atoms with van der Waals surface area (Å²) in [5.41, 5.74) is 5.38. The van der Waals surface area contributed by atoms with Gasteiger partial charge < -0.3 is 11.1 Å². The molecule has 14 heavy (non-hydrogen) atoms. The minimum absolute atomic E-state index is 0.124. The lowest BCUT2D eigenvalue weighted by molar-refractivity contribution is -0.121. The van der Waals surface area contributed by atoms with Crippen LogP contribution in [0, 0.1) is 0 Å². The molecule has 1 rings (SSSR count). The van der Waals surface area contributed by atoms with Crippen molar-refractivity contribution < 1.29 is 4.79 Å². The number of carbonyl (C=O) groups excluding carboxylic acids is 1. The maximum Gasteiger partial charge on any atom is 0.236 e. The Kier molecular flexibility index (Phi) is 4.35. The van der Waals surface area contributed by atoms with Gasteiger partial charge in [0.2, 0.25) is 5.91 Å². The summed E-state index contributed by atoms with van der Waals surface area (Å²) in [6.45, 7) is 2.19. The van der Waals surface area contributed by atoms with Crippen LogP contribution in [0.1, 0.15) is 11.8 Å². The van der Waals surface area contributed by atoms with E-state index in [1.54, 1.807) is 18.3 Å². The highest BCUT2D eigenvalue weighted by atomic mass is 32.1. The molecule has 0 radical (unpaired) electrons. The Bertz CT molecular complexity index is 304. The molecule has 4 heteroatoms. The first kappa shape index (κ1) is 10.9. The molecule has 76 valence electrons. The van der Waals surface area contributed by atoms with Crippen LogP contribution >= 0.6 is 11.3 Å². The van der Waals surface area contributed by atoms with Gasteiger partial charge in [0.15, 0.2) is 0 Å². The van der Waals surface area contributed by atoms with Gasteiger partial charge in [-0.1, -0.05) is 12.1 Å². The van der Waals surface area contributed by atoms with Crippen LogP contribution in [0.15, 0.2) is 23.6 Å². The normalized spacial score (nSPS) is 13.0. The highest BCUT2D eigenvalue weighted by Crippen LogP contribution is 2.09. The SMILES string of the molecule is C[C@@H](N)C(=O)NC/C=C/c1cccs1. The minimum atomic E-state index is -0.440. The lowest BCUT2D eigenvalue weighted by Crippen LogP contribution is -2.38. The van der Waals surface area contributed by atoms with Crippen molar-refractivity contribution in [3.05, 3.63) is 28.5 Å².